The first kappa shape index (κ1) is 21.9. The van der Waals surface area contributed by atoms with E-state index >= 15 is 0 Å². The molecule has 174 valence electrons. The zero-order valence-corrected chi connectivity index (χ0v) is 19.1. The third-order valence-corrected chi connectivity index (χ3v) is 7.11. The second-order valence-corrected chi connectivity index (χ2v) is 9.07. The topological polar surface area (TPSA) is 76.7 Å². The van der Waals surface area contributed by atoms with Crippen molar-refractivity contribution in [1.82, 2.24) is 15.1 Å². The van der Waals surface area contributed by atoms with Crippen LogP contribution < -0.4 is 4.74 Å². The van der Waals surface area contributed by atoms with Gasteiger partial charge in [0.25, 0.3) is 0 Å². The number of nitrogens with zero attached hydrogens (tertiary/aromatic N) is 2. The van der Waals surface area contributed by atoms with Crippen LogP contribution >= 0.6 is 0 Å². The maximum atomic E-state index is 14.1. The lowest BCUT2D eigenvalue weighted by Gasteiger charge is -2.40. The predicted molar refractivity (Wildman–Crippen MR) is 125 cm³/mol. The molecule has 2 fully saturated rings. The molecule has 0 saturated carbocycles. The summed E-state index contributed by atoms with van der Waals surface area (Å²) in [7, 11) is 1.66. The molecule has 2 aromatic carbocycles. The van der Waals surface area contributed by atoms with Crippen molar-refractivity contribution in [3.8, 4) is 5.75 Å². The molecule has 7 nitrogen and oxygen atoms in total. The van der Waals surface area contributed by atoms with E-state index in [0.717, 1.165) is 28.6 Å². The number of carbonyl (C=O) groups excluding carboxylic acids is 1. The fourth-order valence-corrected chi connectivity index (χ4v) is 5.27. The van der Waals surface area contributed by atoms with Gasteiger partial charge in [-0.1, -0.05) is 24.3 Å². The van der Waals surface area contributed by atoms with Gasteiger partial charge in [0.1, 0.15) is 5.75 Å². The van der Waals surface area contributed by atoms with Crippen molar-refractivity contribution < 1.29 is 19.0 Å². The Labute approximate surface area is 194 Å². The van der Waals surface area contributed by atoms with Crippen LogP contribution in [0.15, 0.2) is 48.7 Å². The van der Waals surface area contributed by atoms with Crippen molar-refractivity contribution in [3.05, 3.63) is 59.8 Å². The molecule has 7 heteroatoms. The van der Waals surface area contributed by atoms with Gasteiger partial charge in [-0.25, -0.2) is 0 Å². The van der Waals surface area contributed by atoms with Crippen LogP contribution in [0.2, 0.25) is 0 Å². The van der Waals surface area contributed by atoms with E-state index in [1.54, 1.807) is 7.11 Å². The molecule has 0 spiro atoms. The van der Waals surface area contributed by atoms with Crippen molar-refractivity contribution in [1.29, 1.82) is 0 Å². The number of methoxy groups -OCH3 is 1. The smallest absolute Gasteiger partial charge is 0.233 e. The summed E-state index contributed by atoms with van der Waals surface area (Å²) >= 11 is 0. The molecule has 0 aliphatic carbocycles. The minimum atomic E-state index is -0.565. The monoisotopic (exact) mass is 449 g/mol. The Morgan fingerprint density at radius 2 is 1.97 bits per heavy atom. The van der Waals surface area contributed by atoms with E-state index < -0.39 is 5.41 Å². The van der Waals surface area contributed by atoms with E-state index in [-0.39, 0.29) is 11.8 Å². The lowest BCUT2D eigenvalue weighted by atomic mass is 9.72. The fraction of sp³-hybridized carbons (Fsp3) is 0.462. The average molecular weight is 450 g/mol. The van der Waals surface area contributed by atoms with E-state index in [1.807, 2.05) is 41.4 Å². The van der Waals surface area contributed by atoms with Crippen LogP contribution in [0.5, 0.6) is 5.75 Å². The van der Waals surface area contributed by atoms with Gasteiger partial charge in [0.2, 0.25) is 5.91 Å². The Hall–Kier alpha value is -2.90. The number of hydrogen-bond acceptors (Lipinski definition) is 5. The van der Waals surface area contributed by atoms with E-state index in [4.69, 9.17) is 14.2 Å². The number of nitrogens with one attached hydrogen (secondary N) is 1. The number of aromatic nitrogens is 2. The van der Waals surface area contributed by atoms with Gasteiger partial charge in [-0.15, -0.1) is 0 Å². The summed E-state index contributed by atoms with van der Waals surface area (Å²) in [6.07, 6.45) is 4.11. The molecule has 1 aromatic heterocycles. The Kier molecular flexibility index (Phi) is 6.33. The number of rotatable bonds is 5. The van der Waals surface area contributed by atoms with E-state index in [1.165, 1.54) is 5.56 Å². The normalized spacial score (nSPS) is 21.0. The SMILES string of the molecule is COc1ccc(C2(C(=O)N3CCOC[C@H](Cc4cccc5[nH]ncc45)C3)CCOCC2)cc1. The van der Waals surface area contributed by atoms with Gasteiger partial charge in [-0.2, -0.15) is 5.10 Å². The number of benzene rings is 2. The lowest BCUT2D eigenvalue weighted by Crippen LogP contribution is -2.51. The molecule has 3 aromatic rings. The maximum Gasteiger partial charge on any atom is 0.233 e. The summed E-state index contributed by atoms with van der Waals surface area (Å²) < 4.78 is 16.9. The van der Waals surface area contributed by atoms with Crippen LogP contribution in [0.4, 0.5) is 0 Å². The Bertz CT molecular complexity index is 1090. The maximum absolute atomic E-state index is 14.1. The number of aromatic amines is 1. The van der Waals surface area contributed by atoms with Crippen molar-refractivity contribution >= 4 is 16.8 Å². The van der Waals surface area contributed by atoms with Crippen LogP contribution in [-0.4, -0.2) is 67.6 Å². The van der Waals surface area contributed by atoms with Gasteiger partial charge >= 0.3 is 0 Å². The van der Waals surface area contributed by atoms with Gasteiger partial charge in [0.15, 0.2) is 0 Å². The van der Waals surface area contributed by atoms with Crippen molar-refractivity contribution in [3.63, 3.8) is 0 Å². The standard InChI is InChI=1S/C26H31N3O4/c1-31-22-7-5-21(6-8-22)26(9-12-32-13-10-26)25(30)29-11-14-33-18-19(17-29)15-20-3-2-4-24-23(20)16-27-28-24/h2-8,16,19H,9-15,17-18H2,1H3,(H,27,28)/t19-/m1/s1. The summed E-state index contributed by atoms with van der Waals surface area (Å²) in [6, 6.07) is 14.2. The lowest BCUT2D eigenvalue weighted by molar-refractivity contribution is -0.141. The summed E-state index contributed by atoms with van der Waals surface area (Å²) in [5.74, 6) is 1.21. The molecule has 0 radical (unpaired) electrons. The number of ether oxygens (including phenoxy) is 3. The van der Waals surface area contributed by atoms with Crippen LogP contribution in [-0.2, 0) is 26.1 Å². The third kappa shape index (κ3) is 4.35. The van der Waals surface area contributed by atoms with Crippen LogP contribution in [0.1, 0.15) is 24.0 Å². The summed E-state index contributed by atoms with van der Waals surface area (Å²) in [5.41, 5.74) is 2.75. The largest absolute Gasteiger partial charge is 0.497 e. The van der Waals surface area contributed by atoms with E-state index in [9.17, 15) is 4.79 Å². The van der Waals surface area contributed by atoms with Crippen molar-refractivity contribution in [2.75, 3.05) is 46.6 Å². The average Bonchev–Trinajstić information content (AvgIpc) is 3.24. The summed E-state index contributed by atoms with van der Waals surface area (Å²) in [5, 5.41) is 8.37. The minimum Gasteiger partial charge on any atom is -0.497 e. The quantitative estimate of drug-likeness (QED) is 0.647. The molecule has 1 atom stereocenters. The highest BCUT2D eigenvalue weighted by atomic mass is 16.5. The molecule has 2 aliphatic rings. The van der Waals surface area contributed by atoms with E-state index in [2.05, 4.69) is 22.3 Å². The number of hydrogen-bond donors (Lipinski definition) is 1. The van der Waals surface area contributed by atoms with Crippen molar-refractivity contribution in [2.24, 2.45) is 5.92 Å². The molecule has 0 bridgehead atoms. The van der Waals surface area contributed by atoms with Gasteiger partial charge in [0, 0.05) is 37.6 Å². The first-order chi connectivity index (χ1) is 16.2. The fourth-order valence-electron chi connectivity index (χ4n) is 5.27. The Morgan fingerprint density at radius 1 is 1.15 bits per heavy atom. The first-order valence-corrected chi connectivity index (χ1v) is 11.7. The molecule has 2 saturated heterocycles. The highest BCUT2D eigenvalue weighted by Gasteiger charge is 2.44. The number of H-pyrrole nitrogens is 1. The van der Waals surface area contributed by atoms with Gasteiger partial charge < -0.3 is 19.1 Å². The third-order valence-electron chi connectivity index (χ3n) is 7.11. The zero-order chi connectivity index (χ0) is 22.7. The van der Waals surface area contributed by atoms with Crippen LogP contribution in [0.3, 0.4) is 0 Å². The predicted octanol–water partition coefficient (Wildman–Crippen LogP) is 3.34. The van der Waals surface area contributed by atoms with Crippen LogP contribution in [0, 0.1) is 5.92 Å². The van der Waals surface area contributed by atoms with E-state index in [0.29, 0.717) is 52.4 Å². The minimum absolute atomic E-state index is 0.188. The molecular weight excluding hydrogens is 418 g/mol. The highest BCUT2D eigenvalue weighted by Crippen LogP contribution is 2.38. The first-order valence-electron chi connectivity index (χ1n) is 11.7. The van der Waals surface area contributed by atoms with Gasteiger partial charge in [-0.3, -0.25) is 9.89 Å². The number of carbonyl (C=O) groups is 1. The summed E-state index contributed by atoms with van der Waals surface area (Å²) in [4.78, 5) is 16.2. The summed E-state index contributed by atoms with van der Waals surface area (Å²) in [6.45, 7) is 3.70. The zero-order valence-electron chi connectivity index (χ0n) is 19.1. The highest BCUT2D eigenvalue weighted by molar-refractivity contribution is 5.88. The van der Waals surface area contributed by atoms with Gasteiger partial charge in [-0.05, 0) is 48.6 Å². The molecular formula is C26H31N3O4. The van der Waals surface area contributed by atoms with Crippen molar-refractivity contribution in [2.45, 2.75) is 24.7 Å². The molecule has 33 heavy (non-hydrogen) atoms. The van der Waals surface area contributed by atoms with Gasteiger partial charge in [0.05, 0.1) is 37.5 Å². The second-order valence-electron chi connectivity index (χ2n) is 9.07. The molecule has 1 N–H and O–H groups in total. The molecule has 3 heterocycles. The Balaban J connectivity index is 1.39. The molecule has 1 amide bonds. The molecule has 0 unspecified atom stereocenters. The number of fused-ring (bicyclic) bond motifs is 1. The van der Waals surface area contributed by atoms with Crippen LogP contribution in [0.25, 0.3) is 10.9 Å². The molecule has 2 aliphatic heterocycles. The number of amides is 1. The second kappa shape index (κ2) is 9.53. The Morgan fingerprint density at radius 3 is 2.76 bits per heavy atom. The molecule has 5 rings (SSSR count).